The summed E-state index contributed by atoms with van der Waals surface area (Å²) in [6, 6.07) is 6.04. The molecule has 0 bridgehead atoms. The van der Waals surface area contributed by atoms with Gasteiger partial charge in [-0.05, 0) is 30.0 Å². The summed E-state index contributed by atoms with van der Waals surface area (Å²) in [6.45, 7) is 2.62. The molecule has 3 aliphatic rings. The number of fused-ring (bicyclic) bond motifs is 2. The number of nitrogens with one attached hydrogen (secondary N) is 2. The van der Waals surface area contributed by atoms with Crippen molar-refractivity contribution in [1.82, 2.24) is 15.5 Å². The van der Waals surface area contributed by atoms with Crippen molar-refractivity contribution in [3.05, 3.63) is 29.3 Å². The third kappa shape index (κ3) is 3.56. The summed E-state index contributed by atoms with van der Waals surface area (Å²) in [5, 5.41) is 5.89. The number of benzene rings is 1. The second-order valence-corrected chi connectivity index (χ2v) is 6.78. The van der Waals surface area contributed by atoms with Crippen molar-refractivity contribution < 1.29 is 19.1 Å². The van der Waals surface area contributed by atoms with Gasteiger partial charge in [0, 0.05) is 26.1 Å². The van der Waals surface area contributed by atoms with Crippen molar-refractivity contribution in [2.24, 2.45) is 0 Å². The molecule has 0 saturated carbocycles. The highest BCUT2D eigenvalue weighted by Crippen LogP contribution is 2.25. The maximum atomic E-state index is 12.4. The van der Waals surface area contributed by atoms with E-state index in [1.54, 1.807) is 4.90 Å². The molecule has 0 spiro atoms. The van der Waals surface area contributed by atoms with E-state index >= 15 is 0 Å². The predicted octanol–water partition coefficient (Wildman–Crippen LogP) is 0.463. The van der Waals surface area contributed by atoms with E-state index in [-0.39, 0.29) is 30.7 Å². The molecule has 3 heterocycles. The summed E-state index contributed by atoms with van der Waals surface area (Å²) in [6.07, 6.45) is 2.53. The third-order valence-electron chi connectivity index (χ3n) is 5.06. The lowest BCUT2D eigenvalue weighted by molar-refractivity contribution is -0.139. The van der Waals surface area contributed by atoms with Crippen LogP contribution < -0.4 is 15.4 Å². The minimum absolute atomic E-state index is 0.0235. The van der Waals surface area contributed by atoms with Crippen LogP contribution in [0.4, 0.5) is 4.79 Å². The largest absolute Gasteiger partial charge is 0.493 e. The number of ether oxygens (including phenoxy) is 2. The van der Waals surface area contributed by atoms with E-state index in [1.165, 1.54) is 11.1 Å². The van der Waals surface area contributed by atoms with Gasteiger partial charge in [-0.15, -0.1) is 0 Å². The first kappa shape index (κ1) is 16.2. The van der Waals surface area contributed by atoms with E-state index < -0.39 is 0 Å². The summed E-state index contributed by atoms with van der Waals surface area (Å²) in [7, 11) is 0. The summed E-state index contributed by atoms with van der Waals surface area (Å²) in [5.74, 6) is 0.872. The van der Waals surface area contributed by atoms with Crippen LogP contribution in [0.25, 0.3) is 0 Å². The first-order valence-corrected chi connectivity index (χ1v) is 8.87. The van der Waals surface area contributed by atoms with E-state index in [2.05, 4.69) is 22.8 Å². The fourth-order valence-electron chi connectivity index (χ4n) is 3.71. The highest BCUT2D eigenvalue weighted by molar-refractivity contribution is 5.79. The zero-order chi connectivity index (χ0) is 17.2. The molecule has 3 amide bonds. The maximum absolute atomic E-state index is 12.4. The number of carbonyl (C=O) groups excluding carboxylic acids is 2. The Morgan fingerprint density at radius 3 is 3.24 bits per heavy atom. The molecular weight excluding hydrogens is 322 g/mol. The molecule has 134 valence electrons. The van der Waals surface area contributed by atoms with Crippen molar-refractivity contribution in [1.29, 1.82) is 0 Å². The zero-order valence-corrected chi connectivity index (χ0v) is 14.1. The molecule has 2 fully saturated rings. The normalized spacial score (nSPS) is 24.8. The summed E-state index contributed by atoms with van der Waals surface area (Å²) < 4.78 is 11.0. The lowest BCUT2D eigenvalue weighted by Crippen LogP contribution is -2.62. The Kier molecular flexibility index (Phi) is 4.48. The highest BCUT2D eigenvalue weighted by Gasteiger charge is 2.36. The number of hydrogen-bond acceptors (Lipinski definition) is 4. The fourth-order valence-corrected chi connectivity index (χ4v) is 3.71. The maximum Gasteiger partial charge on any atom is 0.317 e. The van der Waals surface area contributed by atoms with Crippen LogP contribution in [-0.4, -0.2) is 61.8 Å². The standard InChI is InChI=1S/C18H23N3O4/c22-17-11-25-16-4-7-21(10-14(16)20-17)18(23)19-6-3-12-1-2-15-13(9-12)5-8-24-15/h1-2,9,14,16H,3-8,10-11H2,(H,19,23)(H,20,22)/t14-,16-/m0/s1. The molecule has 7 heteroatoms. The van der Waals surface area contributed by atoms with Gasteiger partial charge in [0.2, 0.25) is 5.91 Å². The van der Waals surface area contributed by atoms with Gasteiger partial charge >= 0.3 is 6.03 Å². The lowest BCUT2D eigenvalue weighted by atomic mass is 10.0. The van der Waals surface area contributed by atoms with Crippen LogP contribution in [0.2, 0.25) is 0 Å². The molecule has 7 nitrogen and oxygen atoms in total. The van der Waals surface area contributed by atoms with Gasteiger partial charge in [-0.1, -0.05) is 12.1 Å². The van der Waals surface area contributed by atoms with Crippen molar-refractivity contribution >= 4 is 11.9 Å². The average Bonchev–Trinajstić information content (AvgIpc) is 3.08. The van der Waals surface area contributed by atoms with Gasteiger partial charge in [0.1, 0.15) is 12.4 Å². The molecule has 25 heavy (non-hydrogen) atoms. The molecule has 0 radical (unpaired) electrons. The topological polar surface area (TPSA) is 79.9 Å². The second kappa shape index (κ2) is 6.92. The quantitative estimate of drug-likeness (QED) is 0.834. The average molecular weight is 345 g/mol. The van der Waals surface area contributed by atoms with E-state index in [0.717, 1.165) is 31.6 Å². The molecular formula is C18H23N3O4. The number of morpholine rings is 1. The zero-order valence-electron chi connectivity index (χ0n) is 14.1. The van der Waals surface area contributed by atoms with E-state index in [4.69, 9.17) is 9.47 Å². The number of urea groups is 1. The van der Waals surface area contributed by atoms with Gasteiger partial charge in [-0.2, -0.15) is 0 Å². The number of likely N-dealkylation sites (tertiary alicyclic amines) is 1. The van der Waals surface area contributed by atoms with Crippen LogP contribution in [0, 0.1) is 0 Å². The molecule has 0 aromatic heterocycles. The molecule has 2 atom stereocenters. The van der Waals surface area contributed by atoms with Crippen LogP contribution in [0.1, 0.15) is 17.5 Å². The van der Waals surface area contributed by atoms with Gasteiger partial charge in [0.15, 0.2) is 0 Å². The van der Waals surface area contributed by atoms with Crippen LogP contribution in [0.5, 0.6) is 5.75 Å². The van der Waals surface area contributed by atoms with Crippen LogP contribution >= 0.6 is 0 Å². The number of piperidine rings is 1. The van der Waals surface area contributed by atoms with Crippen LogP contribution in [0.3, 0.4) is 0 Å². The number of carbonyl (C=O) groups is 2. The first-order valence-electron chi connectivity index (χ1n) is 8.87. The molecule has 0 aliphatic carbocycles. The fraction of sp³-hybridized carbons (Fsp3) is 0.556. The predicted molar refractivity (Wildman–Crippen MR) is 90.6 cm³/mol. The molecule has 1 aromatic carbocycles. The Labute approximate surface area is 146 Å². The van der Waals surface area contributed by atoms with Gasteiger partial charge in [0.05, 0.1) is 18.8 Å². The SMILES string of the molecule is O=C1CO[C@H]2CCN(C(=O)NCCc3ccc4c(c3)CCO4)C[C@@H]2N1. The van der Waals surface area contributed by atoms with Crippen LogP contribution in [0.15, 0.2) is 18.2 Å². The van der Waals surface area contributed by atoms with Gasteiger partial charge in [0.25, 0.3) is 0 Å². The smallest absolute Gasteiger partial charge is 0.317 e. The minimum atomic E-state index is -0.107. The van der Waals surface area contributed by atoms with E-state index in [1.807, 2.05) is 6.07 Å². The monoisotopic (exact) mass is 345 g/mol. The van der Waals surface area contributed by atoms with Crippen LogP contribution in [-0.2, 0) is 22.4 Å². The number of amides is 3. The number of nitrogens with zero attached hydrogens (tertiary/aromatic N) is 1. The minimum Gasteiger partial charge on any atom is -0.493 e. The second-order valence-electron chi connectivity index (χ2n) is 6.78. The summed E-state index contributed by atoms with van der Waals surface area (Å²) in [5.41, 5.74) is 2.45. The van der Waals surface area contributed by atoms with Crippen molar-refractivity contribution in [3.8, 4) is 5.75 Å². The van der Waals surface area contributed by atoms with E-state index in [0.29, 0.717) is 19.6 Å². The van der Waals surface area contributed by atoms with E-state index in [9.17, 15) is 9.59 Å². The molecule has 3 aliphatic heterocycles. The number of rotatable bonds is 3. The molecule has 2 N–H and O–H groups in total. The highest BCUT2D eigenvalue weighted by atomic mass is 16.5. The Bertz CT molecular complexity index is 678. The molecule has 4 rings (SSSR count). The molecule has 1 aromatic rings. The number of hydrogen-bond donors (Lipinski definition) is 2. The summed E-state index contributed by atoms with van der Waals surface area (Å²) >= 11 is 0. The Hall–Kier alpha value is -2.28. The Balaban J connectivity index is 1.25. The first-order chi connectivity index (χ1) is 12.2. The van der Waals surface area contributed by atoms with Crippen molar-refractivity contribution in [2.75, 3.05) is 32.8 Å². The molecule has 2 saturated heterocycles. The van der Waals surface area contributed by atoms with Gasteiger partial charge in [-0.25, -0.2) is 4.79 Å². The third-order valence-corrected chi connectivity index (χ3v) is 5.06. The van der Waals surface area contributed by atoms with Crippen molar-refractivity contribution in [3.63, 3.8) is 0 Å². The summed E-state index contributed by atoms with van der Waals surface area (Å²) in [4.78, 5) is 25.6. The van der Waals surface area contributed by atoms with Crippen molar-refractivity contribution in [2.45, 2.75) is 31.4 Å². The lowest BCUT2D eigenvalue weighted by Gasteiger charge is -2.40. The Morgan fingerprint density at radius 1 is 1.40 bits per heavy atom. The van der Waals surface area contributed by atoms with Gasteiger partial charge in [-0.3, -0.25) is 4.79 Å². The molecule has 0 unspecified atom stereocenters. The van der Waals surface area contributed by atoms with Gasteiger partial charge < -0.3 is 25.0 Å². The Morgan fingerprint density at radius 2 is 2.32 bits per heavy atom.